The maximum absolute atomic E-state index is 13.6. The molecule has 0 aromatic heterocycles. The van der Waals surface area contributed by atoms with Crippen LogP contribution in [0, 0.1) is 13.8 Å². The van der Waals surface area contributed by atoms with Gasteiger partial charge in [0.25, 0.3) is 10.0 Å². The van der Waals surface area contributed by atoms with Crippen molar-refractivity contribution in [2.24, 2.45) is 0 Å². The number of hydrogen-bond acceptors (Lipinski definition) is 3. The number of para-hydroxylation sites is 1. The van der Waals surface area contributed by atoms with E-state index in [1.54, 1.807) is 41.3 Å². The van der Waals surface area contributed by atoms with Crippen LogP contribution in [0.1, 0.15) is 23.6 Å². The Morgan fingerprint density at radius 3 is 2.39 bits per heavy atom. The average molecular weight is 435 g/mol. The predicted octanol–water partition coefficient (Wildman–Crippen LogP) is 4.48. The summed E-state index contributed by atoms with van der Waals surface area (Å²) >= 11 is 0. The van der Waals surface area contributed by atoms with Crippen molar-refractivity contribution in [1.82, 2.24) is 0 Å². The van der Waals surface area contributed by atoms with Crippen molar-refractivity contribution in [3.63, 3.8) is 0 Å². The van der Waals surface area contributed by atoms with Crippen molar-refractivity contribution in [1.29, 1.82) is 0 Å². The fourth-order valence-electron chi connectivity index (χ4n) is 4.17. The van der Waals surface area contributed by atoms with Gasteiger partial charge in [0, 0.05) is 11.7 Å². The number of carbonyl (C=O) groups excluding carboxylic acids is 1. The first-order valence-electron chi connectivity index (χ1n) is 10.3. The second-order valence-corrected chi connectivity index (χ2v) is 9.85. The number of aryl methyl sites for hydroxylation is 1. The van der Waals surface area contributed by atoms with Gasteiger partial charge in [-0.1, -0.05) is 48.5 Å². The summed E-state index contributed by atoms with van der Waals surface area (Å²) in [6.07, 6.45) is 0.761. The first-order valence-corrected chi connectivity index (χ1v) is 11.8. The van der Waals surface area contributed by atoms with Gasteiger partial charge in [-0.15, -0.1) is 0 Å². The number of carbonyl (C=O) groups is 1. The van der Waals surface area contributed by atoms with Crippen molar-refractivity contribution in [3.8, 4) is 0 Å². The summed E-state index contributed by atoms with van der Waals surface area (Å²) in [4.78, 5) is 15.4. The highest BCUT2D eigenvalue weighted by Gasteiger charge is 2.35. The highest BCUT2D eigenvalue weighted by molar-refractivity contribution is 7.92. The highest BCUT2D eigenvalue weighted by Crippen LogP contribution is 2.33. The van der Waals surface area contributed by atoms with Gasteiger partial charge in [-0.25, -0.2) is 8.42 Å². The fraction of sp³-hybridized carbons (Fsp3) is 0.240. The molecule has 1 aliphatic heterocycles. The van der Waals surface area contributed by atoms with E-state index in [0.29, 0.717) is 5.69 Å². The zero-order valence-corrected chi connectivity index (χ0v) is 18.8. The largest absolute Gasteiger partial charge is 0.307 e. The summed E-state index contributed by atoms with van der Waals surface area (Å²) < 4.78 is 28.5. The van der Waals surface area contributed by atoms with Gasteiger partial charge in [0.1, 0.15) is 6.54 Å². The molecule has 1 unspecified atom stereocenters. The first-order chi connectivity index (χ1) is 14.8. The lowest BCUT2D eigenvalue weighted by atomic mass is 10.1. The number of amides is 1. The van der Waals surface area contributed by atoms with Gasteiger partial charge in [-0.05, 0) is 68.1 Å². The lowest BCUT2D eigenvalue weighted by molar-refractivity contribution is -0.117. The standard InChI is InChI=1S/C25H26N2O3S/c1-18-10-9-15-23(20(18)3)26(31(29,30)22-12-5-4-6-13-22)17-25(28)27-19(2)16-21-11-7-8-14-24(21)27/h4-15,19H,16-17H2,1-3H3. The molecule has 6 heteroatoms. The van der Waals surface area contributed by atoms with E-state index < -0.39 is 10.0 Å². The number of anilines is 2. The quantitative estimate of drug-likeness (QED) is 0.595. The van der Waals surface area contributed by atoms with Crippen molar-refractivity contribution in [2.75, 3.05) is 15.7 Å². The maximum Gasteiger partial charge on any atom is 0.264 e. The van der Waals surface area contributed by atoms with Gasteiger partial charge in [-0.2, -0.15) is 0 Å². The molecular formula is C25H26N2O3S. The van der Waals surface area contributed by atoms with Crippen LogP contribution in [0.4, 0.5) is 11.4 Å². The summed E-state index contributed by atoms with van der Waals surface area (Å²) in [7, 11) is -3.93. The molecule has 0 N–H and O–H groups in total. The third kappa shape index (κ3) is 3.83. The molecule has 5 nitrogen and oxygen atoms in total. The minimum Gasteiger partial charge on any atom is -0.307 e. The second kappa shape index (κ2) is 8.19. The number of hydrogen-bond donors (Lipinski definition) is 0. The minimum absolute atomic E-state index is 0.0233. The van der Waals surface area contributed by atoms with Crippen LogP contribution in [0.2, 0.25) is 0 Å². The second-order valence-electron chi connectivity index (χ2n) is 7.99. The van der Waals surface area contributed by atoms with Gasteiger partial charge in [0.2, 0.25) is 5.91 Å². The Hall–Kier alpha value is -3.12. The van der Waals surface area contributed by atoms with Crippen molar-refractivity contribution >= 4 is 27.3 Å². The molecular weight excluding hydrogens is 408 g/mol. The van der Waals surface area contributed by atoms with Crippen LogP contribution in [0.15, 0.2) is 77.7 Å². The minimum atomic E-state index is -3.93. The Morgan fingerprint density at radius 1 is 0.968 bits per heavy atom. The Bertz CT molecular complexity index is 1220. The molecule has 0 saturated heterocycles. The number of benzene rings is 3. The number of fused-ring (bicyclic) bond motifs is 1. The Labute approximate surface area is 184 Å². The maximum atomic E-state index is 13.6. The molecule has 160 valence electrons. The van der Waals surface area contributed by atoms with Crippen molar-refractivity contribution in [2.45, 2.75) is 38.1 Å². The molecule has 3 aromatic carbocycles. The molecule has 0 aliphatic carbocycles. The lowest BCUT2D eigenvalue weighted by Gasteiger charge is -2.30. The SMILES string of the molecule is Cc1cccc(N(CC(=O)N2c3ccccc3CC2C)S(=O)(=O)c2ccccc2)c1C. The molecule has 0 fully saturated rings. The molecule has 0 radical (unpaired) electrons. The summed E-state index contributed by atoms with van der Waals surface area (Å²) in [6, 6.07) is 21.6. The van der Waals surface area contributed by atoms with Gasteiger partial charge < -0.3 is 4.90 Å². The molecule has 0 spiro atoms. The van der Waals surface area contributed by atoms with E-state index in [4.69, 9.17) is 0 Å². The Morgan fingerprint density at radius 2 is 1.65 bits per heavy atom. The monoisotopic (exact) mass is 434 g/mol. The van der Waals surface area contributed by atoms with E-state index >= 15 is 0 Å². The summed E-state index contributed by atoms with van der Waals surface area (Å²) in [5.74, 6) is -0.238. The Balaban J connectivity index is 1.77. The van der Waals surface area contributed by atoms with Crippen LogP contribution >= 0.6 is 0 Å². The Kier molecular flexibility index (Phi) is 5.58. The number of sulfonamides is 1. The van der Waals surface area contributed by atoms with Crippen molar-refractivity contribution < 1.29 is 13.2 Å². The summed E-state index contributed by atoms with van der Waals surface area (Å²) in [5.41, 5.74) is 4.30. The molecule has 1 atom stereocenters. The number of nitrogens with zero attached hydrogens (tertiary/aromatic N) is 2. The highest BCUT2D eigenvalue weighted by atomic mass is 32.2. The number of rotatable bonds is 5. The van der Waals surface area contributed by atoms with Gasteiger partial charge >= 0.3 is 0 Å². The fourth-order valence-corrected chi connectivity index (χ4v) is 5.66. The lowest BCUT2D eigenvalue weighted by Crippen LogP contribution is -2.45. The normalized spacial score (nSPS) is 15.6. The van der Waals surface area contributed by atoms with Gasteiger partial charge in [0.05, 0.1) is 10.6 Å². The first kappa shape index (κ1) is 21.1. The molecule has 1 amide bonds. The van der Waals surface area contributed by atoms with Crippen LogP contribution in [0.3, 0.4) is 0 Å². The van der Waals surface area contributed by atoms with Crippen LogP contribution in [0.25, 0.3) is 0 Å². The van der Waals surface area contributed by atoms with E-state index in [-0.39, 0.29) is 23.4 Å². The van der Waals surface area contributed by atoms with Gasteiger partial charge in [0.15, 0.2) is 0 Å². The molecule has 3 aromatic rings. The summed E-state index contributed by atoms with van der Waals surface area (Å²) in [5, 5.41) is 0. The van der Waals surface area contributed by atoms with E-state index in [0.717, 1.165) is 28.8 Å². The van der Waals surface area contributed by atoms with E-state index in [9.17, 15) is 13.2 Å². The molecule has 0 saturated carbocycles. The van der Waals surface area contributed by atoms with Crippen LogP contribution < -0.4 is 9.21 Å². The third-order valence-electron chi connectivity index (χ3n) is 5.93. The van der Waals surface area contributed by atoms with E-state index in [2.05, 4.69) is 0 Å². The van der Waals surface area contributed by atoms with Gasteiger partial charge in [-0.3, -0.25) is 9.10 Å². The smallest absolute Gasteiger partial charge is 0.264 e. The topological polar surface area (TPSA) is 57.7 Å². The third-order valence-corrected chi connectivity index (χ3v) is 7.70. The average Bonchev–Trinajstić information content (AvgIpc) is 3.10. The summed E-state index contributed by atoms with van der Waals surface area (Å²) in [6.45, 7) is 5.55. The van der Waals surface area contributed by atoms with E-state index in [1.165, 1.54) is 4.31 Å². The zero-order chi connectivity index (χ0) is 22.2. The predicted molar refractivity (Wildman–Crippen MR) is 124 cm³/mol. The van der Waals surface area contributed by atoms with Crippen LogP contribution in [0.5, 0.6) is 0 Å². The van der Waals surface area contributed by atoms with Crippen LogP contribution in [-0.2, 0) is 21.2 Å². The zero-order valence-electron chi connectivity index (χ0n) is 17.9. The molecule has 4 rings (SSSR count). The van der Waals surface area contributed by atoms with Crippen molar-refractivity contribution in [3.05, 3.63) is 89.5 Å². The molecule has 1 heterocycles. The van der Waals surface area contributed by atoms with Crippen LogP contribution in [-0.4, -0.2) is 26.9 Å². The molecule has 1 aliphatic rings. The van der Waals surface area contributed by atoms with E-state index in [1.807, 2.05) is 57.2 Å². The molecule has 0 bridgehead atoms. The molecule has 31 heavy (non-hydrogen) atoms.